The second kappa shape index (κ2) is 7.42. The monoisotopic (exact) mass is 344 g/mol. The number of esters is 2. The summed E-state index contributed by atoms with van der Waals surface area (Å²) < 4.78 is 22.1. The zero-order valence-corrected chi connectivity index (χ0v) is 14.3. The van der Waals surface area contributed by atoms with Gasteiger partial charge in [0.25, 0.3) is 0 Å². The Kier molecular flexibility index (Phi) is 5.07. The second-order valence-corrected chi connectivity index (χ2v) is 5.72. The Hall–Kier alpha value is -2.76. The highest BCUT2D eigenvalue weighted by Crippen LogP contribution is 2.53. The highest BCUT2D eigenvalue weighted by molar-refractivity contribution is 6.01. The van der Waals surface area contributed by atoms with Crippen LogP contribution in [-0.4, -0.2) is 18.7 Å². The van der Waals surface area contributed by atoms with Crippen LogP contribution in [0.15, 0.2) is 24.3 Å². The number of fused-ring (bicyclic) bond motifs is 2. The van der Waals surface area contributed by atoms with E-state index in [1.807, 2.05) is 26.0 Å². The van der Waals surface area contributed by atoms with Gasteiger partial charge in [0.15, 0.2) is 11.5 Å². The molecular weight excluding hydrogens is 324 g/mol. The molecule has 1 heterocycles. The number of carbonyl (C=O) groups excluding carboxylic acids is 2. The average molecular weight is 344 g/mol. The van der Waals surface area contributed by atoms with Crippen molar-refractivity contribution < 1.29 is 28.5 Å². The summed E-state index contributed by atoms with van der Waals surface area (Å²) in [5.41, 5.74) is 0. The molecule has 0 atom stereocenters. The van der Waals surface area contributed by atoms with Crippen molar-refractivity contribution in [3.63, 3.8) is 0 Å². The van der Waals surface area contributed by atoms with Gasteiger partial charge in [0.05, 0.1) is 0 Å². The number of benzene rings is 2. The fraction of sp³-hybridized carbons (Fsp3) is 0.368. The lowest BCUT2D eigenvalue weighted by atomic mass is 10.1. The molecule has 0 aromatic heterocycles. The molecule has 6 nitrogen and oxygen atoms in total. The van der Waals surface area contributed by atoms with Gasteiger partial charge < -0.3 is 18.9 Å². The zero-order valence-electron chi connectivity index (χ0n) is 14.3. The molecule has 1 aliphatic heterocycles. The van der Waals surface area contributed by atoms with Crippen molar-refractivity contribution in [2.24, 2.45) is 0 Å². The Bertz CT molecular complexity index is 745. The topological polar surface area (TPSA) is 71.1 Å². The molecule has 2 aromatic carbocycles. The second-order valence-electron chi connectivity index (χ2n) is 5.72. The van der Waals surface area contributed by atoms with Crippen molar-refractivity contribution in [1.29, 1.82) is 0 Å². The highest BCUT2D eigenvalue weighted by Gasteiger charge is 2.30. The maximum atomic E-state index is 12.0. The molecule has 132 valence electrons. The molecule has 0 amide bonds. The van der Waals surface area contributed by atoms with E-state index in [4.69, 9.17) is 18.9 Å². The van der Waals surface area contributed by atoms with Gasteiger partial charge in [0, 0.05) is 23.6 Å². The molecule has 1 aliphatic rings. The van der Waals surface area contributed by atoms with E-state index in [0.717, 1.165) is 0 Å². The molecular formula is C19H20O6. The fourth-order valence-corrected chi connectivity index (χ4v) is 2.68. The average Bonchev–Trinajstić information content (AvgIpc) is 3.08. The Morgan fingerprint density at radius 3 is 1.72 bits per heavy atom. The van der Waals surface area contributed by atoms with Crippen LogP contribution < -0.4 is 18.9 Å². The predicted octanol–water partition coefficient (Wildman–Crippen LogP) is 3.98. The van der Waals surface area contributed by atoms with Crippen LogP contribution in [0.25, 0.3) is 10.8 Å². The first-order chi connectivity index (χ1) is 12.2. The molecule has 0 unspecified atom stereocenters. The standard InChI is InChI=1S/C19H20O6/c1-3-7-14(20)24-16-12-9-5-6-10-13(12)17(25-15(21)8-4-2)19-18(16)22-11-23-19/h5-6,9-10H,3-4,7-8,11H2,1-2H3. The molecule has 0 N–H and O–H groups in total. The Labute approximate surface area is 145 Å². The number of hydrogen-bond donors (Lipinski definition) is 0. The lowest BCUT2D eigenvalue weighted by molar-refractivity contribution is -0.135. The van der Waals surface area contributed by atoms with Gasteiger partial charge in [-0.15, -0.1) is 0 Å². The molecule has 0 spiro atoms. The van der Waals surface area contributed by atoms with Crippen molar-refractivity contribution in [1.82, 2.24) is 0 Å². The van der Waals surface area contributed by atoms with Crippen molar-refractivity contribution >= 4 is 22.7 Å². The van der Waals surface area contributed by atoms with Gasteiger partial charge in [-0.1, -0.05) is 38.1 Å². The summed E-state index contributed by atoms with van der Waals surface area (Å²) in [7, 11) is 0. The van der Waals surface area contributed by atoms with Crippen LogP contribution in [0.4, 0.5) is 0 Å². The van der Waals surface area contributed by atoms with Crippen LogP contribution in [0.3, 0.4) is 0 Å². The molecule has 0 saturated heterocycles. The predicted molar refractivity (Wildman–Crippen MR) is 91.2 cm³/mol. The highest BCUT2D eigenvalue weighted by atomic mass is 16.7. The third kappa shape index (κ3) is 3.38. The van der Waals surface area contributed by atoms with Gasteiger partial charge in [-0.2, -0.15) is 0 Å². The van der Waals surface area contributed by atoms with Gasteiger partial charge in [0.1, 0.15) is 0 Å². The summed E-state index contributed by atoms with van der Waals surface area (Å²) in [5.74, 6) is 0.501. The summed E-state index contributed by atoms with van der Waals surface area (Å²) in [6.45, 7) is 3.78. The summed E-state index contributed by atoms with van der Waals surface area (Å²) in [4.78, 5) is 24.0. The summed E-state index contributed by atoms with van der Waals surface area (Å²) in [5, 5.41) is 1.27. The molecule has 0 bridgehead atoms. The summed E-state index contributed by atoms with van der Waals surface area (Å²) in [6.07, 6.45) is 1.97. The largest absolute Gasteiger partial charge is 0.449 e. The van der Waals surface area contributed by atoms with Crippen molar-refractivity contribution in [3.8, 4) is 23.0 Å². The van der Waals surface area contributed by atoms with Crippen LogP contribution in [0.2, 0.25) is 0 Å². The zero-order chi connectivity index (χ0) is 17.8. The van der Waals surface area contributed by atoms with Gasteiger partial charge >= 0.3 is 11.9 Å². The minimum Gasteiger partial charge on any atom is -0.449 e. The molecule has 0 aliphatic carbocycles. The summed E-state index contributed by atoms with van der Waals surface area (Å²) in [6, 6.07) is 7.23. The molecule has 6 heteroatoms. The smallest absolute Gasteiger partial charge is 0.311 e. The van der Waals surface area contributed by atoms with Crippen LogP contribution in [0.5, 0.6) is 23.0 Å². The fourth-order valence-electron chi connectivity index (χ4n) is 2.68. The maximum Gasteiger partial charge on any atom is 0.311 e. The molecule has 2 aromatic rings. The van der Waals surface area contributed by atoms with Gasteiger partial charge in [-0.25, -0.2) is 0 Å². The quantitative estimate of drug-likeness (QED) is 0.583. The normalized spacial score (nSPS) is 12.2. The van der Waals surface area contributed by atoms with E-state index in [1.165, 1.54) is 0 Å². The Morgan fingerprint density at radius 1 is 0.880 bits per heavy atom. The maximum absolute atomic E-state index is 12.0. The van der Waals surface area contributed by atoms with E-state index < -0.39 is 0 Å². The van der Waals surface area contributed by atoms with E-state index >= 15 is 0 Å². The Morgan fingerprint density at radius 2 is 1.32 bits per heavy atom. The van der Waals surface area contributed by atoms with Crippen LogP contribution >= 0.6 is 0 Å². The molecule has 25 heavy (non-hydrogen) atoms. The van der Waals surface area contributed by atoms with E-state index in [0.29, 0.717) is 59.5 Å². The first kappa shape index (κ1) is 17.1. The van der Waals surface area contributed by atoms with Crippen LogP contribution in [0.1, 0.15) is 39.5 Å². The van der Waals surface area contributed by atoms with Crippen molar-refractivity contribution in [2.45, 2.75) is 39.5 Å². The molecule has 3 rings (SSSR count). The molecule has 0 fully saturated rings. The van der Waals surface area contributed by atoms with E-state index in [2.05, 4.69) is 0 Å². The molecule has 0 radical (unpaired) electrons. The first-order valence-corrected chi connectivity index (χ1v) is 8.41. The third-order valence-electron chi connectivity index (χ3n) is 3.78. The first-order valence-electron chi connectivity index (χ1n) is 8.41. The van der Waals surface area contributed by atoms with Crippen LogP contribution in [-0.2, 0) is 9.59 Å². The third-order valence-corrected chi connectivity index (χ3v) is 3.78. The van der Waals surface area contributed by atoms with Gasteiger partial charge in [-0.3, -0.25) is 9.59 Å². The lowest BCUT2D eigenvalue weighted by Gasteiger charge is -2.15. The minimum atomic E-state index is -0.346. The number of carbonyl (C=O) groups is 2. The van der Waals surface area contributed by atoms with Crippen molar-refractivity contribution in [2.75, 3.05) is 6.79 Å². The van der Waals surface area contributed by atoms with E-state index in [1.54, 1.807) is 12.1 Å². The summed E-state index contributed by atoms with van der Waals surface area (Å²) >= 11 is 0. The lowest BCUT2D eigenvalue weighted by Crippen LogP contribution is -2.10. The van der Waals surface area contributed by atoms with Gasteiger partial charge in [0.2, 0.25) is 18.3 Å². The number of ether oxygens (including phenoxy) is 4. The van der Waals surface area contributed by atoms with Crippen LogP contribution in [0, 0.1) is 0 Å². The van der Waals surface area contributed by atoms with E-state index in [9.17, 15) is 9.59 Å². The SMILES string of the molecule is CCCC(=O)Oc1c2c(c(OC(=O)CCC)c3ccccc13)OCO2. The number of hydrogen-bond acceptors (Lipinski definition) is 6. The minimum absolute atomic E-state index is 0.0255. The van der Waals surface area contributed by atoms with E-state index in [-0.39, 0.29) is 18.7 Å². The van der Waals surface area contributed by atoms with Crippen molar-refractivity contribution in [3.05, 3.63) is 24.3 Å². The number of rotatable bonds is 6. The Balaban J connectivity index is 2.13. The molecule has 0 saturated carbocycles. The van der Waals surface area contributed by atoms with Gasteiger partial charge in [-0.05, 0) is 12.8 Å².